The molecule has 0 aromatic heterocycles. The Morgan fingerprint density at radius 2 is 2.00 bits per heavy atom. The van der Waals surface area contributed by atoms with Crippen LogP contribution < -0.4 is 10.6 Å². The monoisotopic (exact) mass is 333 g/mol. The lowest BCUT2D eigenvalue weighted by molar-refractivity contribution is 0.262. The van der Waals surface area contributed by atoms with Gasteiger partial charge in [0.1, 0.15) is 11.9 Å². The fourth-order valence-electron chi connectivity index (χ4n) is 1.57. The van der Waals surface area contributed by atoms with Crippen LogP contribution in [0.3, 0.4) is 0 Å². The molecule has 0 radical (unpaired) electrons. The average molecular weight is 334 g/mol. The van der Waals surface area contributed by atoms with Crippen molar-refractivity contribution in [3.63, 3.8) is 0 Å². The highest BCUT2D eigenvalue weighted by Crippen LogP contribution is 2.20. The molecule has 0 spiro atoms. The largest absolute Gasteiger partial charge is 0.323 e. The van der Waals surface area contributed by atoms with Crippen LogP contribution in [0.15, 0.2) is 46.9 Å². The lowest BCUT2D eigenvalue weighted by atomic mass is 10.2. The van der Waals surface area contributed by atoms with Gasteiger partial charge in [0.25, 0.3) is 0 Å². The van der Waals surface area contributed by atoms with E-state index < -0.39 is 11.8 Å². The minimum Gasteiger partial charge on any atom is -0.308 e. The number of carbonyl (C=O) groups excluding carboxylic acids is 1. The first-order valence-corrected chi connectivity index (χ1v) is 6.41. The normalized spacial score (nSPS) is 9.65. The van der Waals surface area contributed by atoms with E-state index in [2.05, 4.69) is 26.6 Å². The lowest BCUT2D eigenvalue weighted by Gasteiger charge is -2.09. The van der Waals surface area contributed by atoms with Crippen LogP contribution in [-0.4, -0.2) is 6.03 Å². The van der Waals surface area contributed by atoms with Gasteiger partial charge in [-0.05, 0) is 36.4 Å². The predicted octanol–water partition coefficient (Wildman–Crippen LogP) is 4.10. The fourth-order valence-corrected chi connectivity index (χ4v) is 1.93. The van der Waals surface area contributed by atoms with Crippen molar-refractivity contribution in [1.29, 1.82) is 5.26 Å². The van der Waals surface area contributed by atoms with E-state index in [4.69, 9.17) is 5.26 Å². The first-order chi connectivity index (χ1) is 9.58. The maximum atomic E-state index is 13.0. The first-order valence-electron chi connectivity index (χ1n) is 5.62. The molecular formula is C14H9BrFN3O. The van der Waals surface area contributed by atoms with Crippen molar-refractivity contribution in [3.8, 4) is 6.07 Å². The number of benzene rings is 2. The summed E-state index contributed by atoms with van der Waals surface area (Å²) in [6, 6.07) is 11.9. The van der Waals surface area contributed by atoms with E-state index in [1.807, 2.05) is 6.07 Å². The molecule has 0 aliphatic carbocycles. The van der Waals surface area contributed by atoms with Crippen LogP contribution >= 0.6 is 15.9 Å². The van der Waals surface area contributed by atoms with Crippen molar-refractivity contribution in [2.24, 2.45) is 0 Å². The Balaban J connectivity index is 2.11. The molecule has 0 atom stereocenters. The molecular weight excluding hydrogens is 325 g/mol. The number of carbonyl (C=O) groups is 1. The van der Waals surface area contributed by atoms with Crippen molar-refractivity contribution < 1.29 is 9.18 Å². The molecule has 0 aliphatic heterocycles. The summed E-state index contributed by atoms with van der Waals surface area (Å²) in [5, 5.41) is 14.0. The number of amides is 2. The summed E-state index contributed by atoms with van der Waals surface area (Å²) < 4.78 is 13.7. The first kappa shape index (κ1) is 14.0. The van der Waals surface area contributed by atoms with Crippen LogP contribution in [0.25, 0.3) is 0 Å². The van der Waals surface area contributed by atoms with Gasteiger partial charge in [0, 0.05) is 10.2 Å². The third-order valence-corrected chi connectivity index (χ3v) is 2.93. The summed E-state index contributed by atoms with van der Waals surface area (Å²) in [7, 11) is 0. The van der Waals surface area contributed by atoms with E-state index in [9.17, 15) is 9.18 Å². The molecule has 6 heteroatoms. The number of halogens is 2. The molecule has 2 N–H and O–H groups in total. The molecule has 0 saturated carbocycles. The van der Waals surface area contributed by atoms with E-state index in [0.717, 1.165) is 4.47 Å². The topological polar surface area (TPSA) is 64.9 Å². The van der Waals surface area contributed by atoms with E-state index in [1.54, 1.807) is 24.3 Å². The van der Waals surface area contributed by atoms with Gasteiger partial charge in [0.15, 0.2) is 0 Å². The molecule has 4 nitrogen and oxygen atoms in total. The van der Waals surface area contributed by atoms with E-state index in [1.165, 1.54) is 18.2 Å². The Hall–Kier alpha value is -2.39. The highest BCUT2D eigenvalue weighted by Gasteiger charge is 2.07. The highest BCUT2D eigenvalue weighted by atomic mass is 79.9. The molecule has 100 valence electrons. The Morgan fingerprint density at radius 1 is 1.20 bits per heavy atom. The molecule has 20 heavy (non-hydrogen) atoms. The standard InChI is InChI=1S/C14H9BrFN3O/c15-10-4-5-13(9(6-10)8-17)19-14(20)18-12-3-1-2-11(16)7-12/h1-7H,(H2,18,19,20). The van der Waals surface area contributed by atoms with Crippen LogP contribution in [0, 0.1) is 17.1 Å². The third kappa shape index (κ3) is 3.56. The van der Waals surface area contributed by atoms with E-state index >= 15 is 0 Å². The van der Waals surface area contributed by atoms with Crippen molar-refractivity contribution in [1.82, 2.24) is 0 Å². The van der Waals surface area contributed by atoms with Crippen LogP contribution in [0.4, 0.5) is 20.6 Å². The molecule has 0 bridgehead atoms. The zero-order valence-corrected chi connectivity index (χ0v) is 11.7. The third-order valence-electron chi connectivity index (χ3n) is 2.43. The molecule has 2 amide bonds. The van der Waals surface area contributed by atoms with Crippen molar-refractivity contribution in [2.75, 3.05) is 10.6 Å². The molecule has 2 aromatic rings. The van der Waals surface area contributed by atoms with Gasteiger partial charge in [-0.2, -0.15) is 5.26 Å². The fraction of sp³-hybridized carbons (Fsp3) is 0. The minimum atomic E-state index is -0.547. The van der Waals surface area contributed by atoms with Crippen LogP contribution in [0.5, 0.6) is 0 Å². The minimum absolute atomic E-state index is 0.328. The number of anilines is 2. The number of urea groups is 1. The molecule has 0 aliphatic rings. The van der Waals surface area contributed by atoms with Crippen LogP contribution in [-0.2, 0) is 0 Å². The quantitative estimate of drug-likeness (QED) is 0.868. The van der Waals surface area contributed by atoms with Gasteiger partial charge in [0.2, 0.25) is 0 Å². The molecule has 0 saturated heterocycles. The second kappa shape index (κ2) is 6.17. The summed E-state index contributed by atoms with van der Waals surface area (Å²) in [4.78, 5) is 11.8. The zero-order chi connectivity index (χ0) is 14.5. The van der Waals surface area contributed by atoms with Crippen molar-refractivity contribution in [3.05, 3.63) is 58.3 Å². The van der Waals surface area contributed by atoms with Gasteiger partial charge in [-0.25, -0.2) is 9.18 Å². The summed E-state index contributed by atoms with van der Waals surface area (Å²) in [6.07, 6.45) is 0. The number of nitrogens with zero attached hydrogens (tertiary/aromatic N) is 1. The molecule has 0 heterocycles. The Bertz CT molecular complexity index is 697. The molecule has 2 rings (SSSR count). The number of hydrogen-bond donors (Lipinski definition) is 2. The van der Waals surface area contributed by atoms with Crippen molar-refractivity contribution >= 4 is 33.3 Å². The summed E-state index contributed by atoms with van der Waals surface area (Å²) in [6.45, 7) is 0. The van der Waals surface area contributed by atoms with Gasteiger partial charge < -0.3 is 10.6 Å². The summed E-state index contributed by atoms with van der Waals surface area (Å²) >= 11 is 3.24. The SMILES string of the molecule is N#Cc1cc(Br)ccc1NC(=O)Nc1cccc(F)c1. The van der Waals surface area contributed by atoms with Gasteiger partial charge in [0.05, 0.1) is 11.3 Å². The number of nitrogens with one attached hydrogen (secondary N) is 2. The van der Waals surface area contributed by atoms with E-state index in [-0.39, 0.29) is 0 Å². The Kier molecular flexibility index (Phi) is 4.33. The van der Waals surface area contributed by atoms with E-state index in [0.29, 0.717) is 16.9 Å². The predicted molar refractivity (Wildman–Crippen MR) is 77.9 cm³/mol. The number of rotatable bonds is 2. The average Bonchev–Trinajstić information content (AvgIpc) is 2.40. The Labute approximate surface area is 123 Å². The highest BCUT2D eigenvalue weighted by molar-refractivity contribution is 9.10. The molecule has 0 unspecified atom stereocenters. The Morgan fingerprint density at radius 3 is 2.70 bits per heavy atom. The molecule has 0 fully saturated rings. The maximum absolute atomic E-state index is 13.0. The smallest absolute Gasteiger partial charge is 0.308 e. The lowest BCUT2D eigenvalue weighted by Crippen LogP contribution is -2.20. The zero-order valence-electron chi connectivity index (χ0n) is 10.2. The van der Waals surface area contributed by atoms with Crippen LogP contribution in [0.1, 0.15) is 5.56 Å². The molecule has 2 aromatic carbocycles. The number of nitriles is 1. The summed E-state index contributed by atoms with van der Waals surface area (Å²) in [5.74, 6) is -0.441. The second-order valence-corrected chi connectivity index (χ2v) is 4.81. The van der Waals surface area contributed by atoms with Crippen molar-refractivity contribution in [2.45, 2.75) is 0 Å². The number of hydrogen-bond acceptors (Lipinski definition) is 2. The van der Waals surface area contributed by atoms with Gasteiger partial charge in [-0.15, -0.1) is 0 Å². The van der Waals surface area contributed by atoms with Crippen LogP contribution in [0.2, 0.25) is 0 Å². The van der Waals surface area contributed by atoms with Gasteiger partial charge in [-0.3, -0.25) is 0 Å². The second-order valence-electron chi connectivity index (χ2n) is 3.89. The van der Waals surface area contributed by atoms with Gasteiger partial charge in [-0.1, -0.05) is 22.0 Å². The summed E-state index contributed by atoms with van der Waals surface area (Å²) in [5.41, 5.74) is 1.04. The van der Waals surface area contributed by atoms with Gasteiger partial charge >= 0.3 is 6.03 Å². The maximum Gasteiger partial charge on any atom is 0.323 e.